The van der Waals surface area contributed by atoms with Crippen molar-refractivity contribution in [3.8, 4) is 5.75 Å². The molecular weight excluding hydrogens is 296 g/mol. The highest BCUT2D eigenvalue weighted by atomic mass is 16.5. The number of hydrogen-bond acceptors (Lipinski definition) is 4. The van der Waals surface area contributed by atoms with Crippen LogP contribution in [0.4, 0.5) is 4.79 Å². The molecule has 0 unspecified atom stereocenters. The summed E-state index contributed by atoms with van der Waals surface area (Å²) in [4.78, 5) is 22.4. The molecule has 0 saturated heterocycles. The summed E-state index contributed by atoms with van der Waals surface area (Å²) in [5.41, 5.74) is 6.49. The van der Waals surface area contributed by atoms with Gasteiger partial charge in [0.25, 0.3) is 0 Å². The summed E-state index contributed by atoms with van der Waals surface area (Å²) in [5.74, 6) is 0.105. The minimum absolute atomic E-state index is 0.224. The van der Waals surface area contributed by atoms with Crippen LogP contribution in [-0.4, -0.2) is 25.2 Å². The van der Waals surface area contributed by atoms with Gasteiger partial charge in [-0.15, -0.1) is 0 Å². The van der Waals surface area contributed by atoms with Crippen molar-refractivity contribution in [3.05, 3.63) is 65.7 Å². The van der Waals surface area contributed by atoms with Crippen LogP contribution in [0.3, 0.4) is 0 Å². The summed E-state index contributed by atoms with van der Waals surface area (Å²) in [6.07, 6.45) is -0.499. The first-order valence-electron chi connectivity index (χ1n) is 7.12. The molecule has 0 atom stereocenters. The van der Waals surface area contributed by atoms with Gasteiger partial charge in [0.1, 0.15) is 19.0 Å². The maximum absolute atomic E-state index is 11.5. The van der Waals surface area contributed by atoms with Gasteiger partial charge in [-0.05, 0) is 29.8 Å². The Morgan fingerprint density at radius 1 is 1.00 bits per heavy atom. The van der Waals surface area contributed by atoms with E-state index in [0.717, 1.165) is 5.56 Å². The Bertz CT molecular complexity index is 641. The van der Waals surface area contributed by atoms with E-state index in [-0.39, 0.29) is 13.2 Å². The SMILES string of the molecule is NC(=O)c1ccc(OCCNC(=O)OCc2ccccc2)cc1. The van der Waals surface area contributed by atoms with Crippen LogP contribution in [-0.2, 0) is 11.3 Å². The zero-order valence-corrected chi connectivity index (χ0v) is 12.5. The fourth-order valence-corrected chi connectivity index (χ4v) is 1.81. The Morgan fingerprint density at radius 3 is 2.35 bits per heavy atom. The van der Waals surface area contributed by atoms with Gasteiger partial charge in [-0.25, -0.2) is 4.79 Å². The maximum atomic E-state index is 11.5. The van der Waals surface area contributed by atoms with Gasteiger partial charge in [0.15, 0.2) is 0 Å². The lowest BCUT2D eigenvalue weighted by Crippen LogP contribution is -2.28. The van der Waals surface area contributed by atoms with Crippen LogP contribution in [0.15, 0.2) is 54.6 Å². The fraction of sp³-hybridized carbons (Fsp3) is 0.176. The largest absolute Gasteiger partial charge is 0.492 e. The predicted molar refractivity (Wildman–Crippen MR) is 85.1 cm³/mol. The molecule has 0 aromatic heterocycles. The molecular formula is C17H18N2O4. The number of ether oxygens (including phenoxy) is 2. The van der Waals surface area contributed by atoms with Crippen molar-refractivity contribution >= 4 is 12.0 Å². The van der Waals surface area contributed by atoms with Gasteiger partial charge < -0.3 is 20.5 Å². The van der Waals surface area contributed by atoms with Gasteiger partial charge in [-0.3, -0.25) is 4.79 Å². The van der Waals surface area contributed by atoms with Crippen LogP contribution in [0, 0.1) is 0 Å². The summed E-state index contributed by atoms with van der Waals surface area (Å²) in [5, 5.41) is 2.59. The number of hydrogen-bond donors (Lipinski definition) is 2. The first-order valence-corrected chi connectivity index (χ1v) is 7.12. The standard InChI is InChI=1S/C17H18N2O4/c18-16(20)14-6-8-15(9-7-14)22-11-10-19-17(21)23-12-13-4-2-1-3-5-13/h1-9H,10-12H2,(H2,18,20)(H,19,21). The number of alkyl carbamates (subject to hydrolysis) is 1. The molecule has 0 saturated carbocycles. The summed E-state index contributed by atoms with van der Waals surface area (Å²) in [7, 11) is 0. The van der Waals surface area contributed by atoms with E-state index < -0.39 is 12.0 Å². The Hall–Kier alpha value is -3.02. The van der Waals surface area contributed by atoms with Crippen LogP contribution >= 0.6 is 0 Å². The number of primary amides is 1. The van der Waals surface area contributed by atoms with Crippen molar-refractivity contribution < 1.29 is 19.1 Å². The maximum Gasteiger partial charge on any atom is 0.407 e. The normalized spacial score (nSPS) is 9.91. The lowest BCUT2D eigenvalue weighted by molar-refractivity contribution is 0.1000. The van der Waals surface area contributed by atoms with E-state index in [1.807, 2.05) is 30.3 Å². The molecule has 0 aliphatic rings. The molecule has 0 radical (unpaired) electrons. The van der Waals surface area contributed by atoms with Gasteiger partial charge in [0, 0.05) is 5.56 Å². The third kappa shape index (κ3) is 5.70. The van der Waals surface area contributed by atoms with Crippen molar-refractivity contribution in [2.24, 2.45) is 5.73 Å². The van der Waals surface area contributed by atoms with Crippen LogP contribution in [0.5, 0.6) is 5.75 Å². The highest BCUT2D eigenvalue weighted by Gasteiger charge is 2.03. The third-order valence-electron chi connectivity index (χ3n) is 2.99. The minimum Gasteiger partial charge on any atom is -0.492 e. The van der Waals surface area contributed by atoms with Gasteiger partial charge in [0.2, 0.25) is 5.91 Å². The molecule has 2 aromatic carbocycles. The molecule has 2 amide bonds. The van der Waals surface area contributed by atoms with Crippen molar-refractivity contribution in [1.29, 1.82) is 0 Å². The molecule has 23 heavy (non-hydrogen) atoms. The number of rotatable bonds is 7. The molecule has 0 aliphatic heterocycles. The molecule has 0 heterocycles. The third-order valence-corrected chi connectivity index (χ3v) is 2.99. The second kappa shape index (κ2) is 8.43. The molecule has 3 N–H and O–H groups in total. The molecule has 2 aromatic rings. The number of nitrogens with one attached hydrogen (secondary N) is 1. The van der Waals surface area contributed by atoms with E-state index >= 15 is 0 Å². The van der Waals surface area contributed by atoms with E-state index in [4.69, 9.17) is 15.2 Å². The van der Waals surface area contributed by atoms with E-state index in [9.17, 15) is 9.59 Å². The van der Waals surface area contributed by atoms with Crippen LogP contribution in [0.2, 0.25) is 0 Å². The van der Waals surface area contributed by atoms with Gasteiger partial charge in [-0.1, -0.05) is 30.3 Å². The van der Waals surface area contributed by atoms with Crippen LogP contribution in [0.1, 0.15) is 15.9 Å². The van der Waals surface area contributed by atoms with Gasteiger partial charge >= 0.3 is 6.09 Å². The van der Waals surface area contributed by atoms with Crippen molar-refractivity contribution in [2.45, 2.75) is 6.61 Å². The van der Waals surface area contributed by atoms with Gasteiger partial charge in [0.05, 0.1) is 6.54 Å². The van der Waals surface area contributed by atoms with Crippen LogP contribution in [0.25, 0.3) is 0 Å². The van der Waals surface area contributed by atoms with E-state index in [0.29, 0.717) is 17.9 Å². The molecule has 6 heteroatoms. The molecule has 6 nitrogen and oxygen atoms in total. The van der Waals surface area contributed by atoms with Gasteiger partial charge in [-0.2, -0.15) is 0 Å². The summed E-state index contributed by atoms with van der Waals surface area (Å²) < 4.78 is 10.5. The summed E-state index contributed by atoms with van der Waals surface area (Å²) in [6, 6.07) is 15.9. The Labute approximate surface area is 134 Å². The number of nitrogens with two attached hydrogens (primary N) is 1. The lowest BCUT2D eigenvalue weighted by Gasteiger charge is -2.09. The molecule has 0 spiro atoms. The number of amides is 2. The first-order chi connectivity index (χ1) is 11.1. The smallest absolute Gasteiger partial charge is 0.407 e. The monoisotopic (exact) mass is 314 g/mol. The average molecular weight is 314 g/mol. The highest BCUT2D eigenvalue weighted by Crippen LogP contribution is 2.11. The quantitative estimate of drug-likeness (QED) is 0.766. The lowest BCUT2D eigenvalue weighted by atomic mass is 10.2. The number of carbonyl (C=O) groups is 2. The fourth-order valence-electron chi connectivity index (χ4n) is 1.81. The molecule has 0 bridgehead atoms. The zero-order chi connectivity index (χ0) is 16.5. The highest BCUT2D eigenvalue weighted by molar-refractivity contribution is 5.92. The summed E-state index contributed by atoms with van der Waals surface area (Å²) in [6.45, 7) is 0.823. The molecule has 0 fully saturated rings. The van der Waals surface area contributed by atoms with E-state index in [1.165, 1.54) is 0 Å². The van der Waals surface area contributed by atoms with E-state index in [1.54, 1.807) is 24.3 Å². The number of benzene rings is 2. The molecule has 2 rings (SSSR count). The van der Waals surface area contributed by atoms with Crippen molar-refractivity contribution in [1.82, 2.24) is 5.32 Å². The molecule has 0 aliphatic carbocycles. The Kier molecular flexibility index (Phi) is 5.99. The first kappa shape index (κ1) is 16.4. The van der Waals surface area contributed by atoms with Crippen molar-refractivity contribution in [2.75, 3.05) is 13.2 Å². The minimum atomic E-state index is -0.499. The average Bonchev–Trinajstić information content (AvgIpc) is 2.58. The second-order valence-electron chi connectivity index (χ2n) is 4.73. The Balaban J connectivity index is 1.63. The van der Waals surface area contributed by atoms with Crippen LogP contribution < -0.4 is 15.8 Å². The predicted octanol–water partition coefficient (Wildman–Crippen LogP) is 2.09. The molecule has 120 valence electrons. The topological polar surface area (TPSA) is 90.7 Å². The Morgan fingerprint density at radius 2 is 1.70 bits per heavy atom. The van der Waals surface area contributed by atoms with Crippen molar-refractivity contribution in [3.63, 3.8) is 0 Å². The summed E-state index contributed by atoms with van der Waals surface area (Å²) >= 11 is 0. The van der Waals surface area contributed by atoms with E-state index in [2.05, 4.69) is 5.32 Å². The number of carbonyl (C=O) groups excluding carboxylic acids is 2. The zero-order valence-electron chi connectivity index (χ0n) is 12.5. The second-order valence-corrected chi connectivity index (χ2v) is 4.73.